The normalized spacial score (nSPS) is 7.47. The van der Waals surface area contributed by atoms with Gasteiger partial charge in [-0.05, 0) is 12.8 Å². The van der Waals surface area contributed by atoms with E-state index in [0.717, 1.165) is 0 Å². The molecule has 0 aromatic rings. The summed E-state index contributed by atoms with van der Waals surface area (Å²) in [5.74, 6) is -7.10. The molecule has 0 bridgehead atoms. The molecule has 0 aromatic carbocycles. The summed E-state index contributed by atoms with van der Waals surface area (Å²) in [4.78, 5) is 36.9. The first-order valence-electron chi connectivity index (χ1n) is 3.09. The molecule has 0 aromatic heterocycles. The fourth-order valence-corrected chi connectivity index (χ4v) is 0.204. The summed E-state index contributed by atoms with van der Waals surface area (Å²) >= 11 is 0. The van der Waals surface area contributed by atoms with Crippen LogP contribution in [0.4, 0.5) is 0 Å². The van der Waals surface area contributed by atoms with E-state index >= 15 is 0 Å². The van der Waals surface area contributed by atoms with Crippen LogP contribution in [-0.2, 0) is 19.2 Å². The molecule has 0 heterocycles. The summed E-state index contributed by atoms with van der Waals surface area (Å²) in [5, 5.41) is 36.9. The third kappa shape index (κ3) is 24.5. The predicted molar refractivity (Wildman–Crippen MR) is 29.3 cm³/mol. The monoisotopic (exact) mass is 239 g/mol. The van der Waals surface area contributed by atoms with Gasteiger partial charge in [0.2, 0.25) is 0 Å². The Kier molecular flexibility index (Phi) is 12.9. The summed E-state index contributed by atoms with van der Waals surface area (Å²) < 4.78 is 0. The van der Waals surface area contributed by atoms with E-state index < -0.39 is 36.7 Å². The molecule has 0 saturated heterocycles. The first kappa shape index (κ1) is 18.9. The molecule has 0 rings (SSSR count). The van der Waals surface area contributed by atoms with Crippen molar-refractivity contribution in [3.63, 3.8) is 0 Å². The highest BCUT2D eigenvalue weighted by atomic mass is 35.5. The molecular weight excluding hydrogens is 236 g/mol. The highest BCUT2D eigenvalue weighted by molar-refractivity contribution is 6.25. The highest BCUT2D eigenvalue weighted by Crippen LogP contribution is 1.81. The minimum atomic E-state index is -2.19. The topological polar surface area (TPSA) is 161 Å². The smallest absolute Gasteiger partial charge is 0.0870 e. The van der Waals surface area contributed by atoms with Gasteiger partial charge in [-0.25, -0.2) is 0 Å². The van der Waals surface area contributed by atoms with Crippen LogP contribution in [0.25, 0.3) is 0 Å². The van der Waals surface area contributed by atoms with Gasteiger partial charge in [-0.15, -0.1) is 0 Å². The van der Waals surface area contributed by atoms with Crippen LogP contribution in [0.1, 0.15) is 12.8 Å². The average Bonchev–Trinajstić information content (AvgIpc) is 2.01. The number of hydrogen-bond donors (Lipinski definition) is 0. The fourth-order valence-electron chi connectivity index (χ4n) is 0.204. The molecule has 0 saturated carbocycles. The van der Waals surface area contributed by atoms with E-state index in [4.69, 9.17) is 19.8 Å². The summed E-state index contributed by atoms with van der Waals surface area (Å²) in [6, 6.07) is 0. The molecule has 0 aliphatic rings. The lowest BCUT2D eigenvalue weighted by atomic mass is 10.3. The van der Waals surface area contributed by atoms with Crippen molar-refractivity contribution in [3.05, 3.63) is 0 Å². The molecule has 88 valence electrons. The number of hydrogen-bond acceptors (Lipinski definition) is 8. The van der Waals surface area contributed by atoms with Crippen molar-refractivity contribution in [2.45, 2.75) is 12.8 Å². The molecule has 0 unspecified atom stereocenters. The minimum Gasteiger partial charge on any atom is -1.00 e. The van der Waals surface area contributed by atoms with Gasteiger partial charge in [0.25, 0.3) is 0 Å². The predicted octanol–water partition coefficient (Wildman–Crippen LogP) is -9.24. The van der Waals surface area contributed by atoms with Crippen molar-refractivity contribution in [3.8, 4) is 0 Å². The van der Waals surface area contributed by atoms with Gasteiger partial charge in [-0.1, -0.05) is 0 Å². The molecule has 0 aliphatic carbocycles. The van der Waals surface area contributed by atoms with E-state index in [1.165, 1.54) is 0 Å². The zero-order chi connectivity index (χ0) is 11.7. The maximum atomic E-state index is 9.50. The number of aliphatic carboxylic acids is 4. The van der Waals surface area contributed by atoms with Crippen LogP contribution < -0.4 is 32.8 Å². The Morgan fingerprint density at radius 3 is 0.933 bits per heavy atom. The maximum Gasteiger partial charge on any atom is 0.0870 e. The van der Waals surface area contributed by atoms with E-state index in [2.05, 4.69) is 0 Å². The molecule has 15 heavy (non-hydrogen) atoms. The molecule has 0 N–H and O–H groups in total. The van der Waals surface area contributed by atoms with E-state index in [9.17, 15) is 19.8 Å². The Hall–Kier alpha value is -1.83. The van der Waals surface area contributed by atoms with E-state index in [-0.39, 0.29) is 12.4 Å². The lowest BCUT2D eigenvalue weighted by Gasteiger charge is -2.00. The number of rotatable bonds is 3. The zero-order valence-corrected chi connectivity index (χ0v) is 7.81. The third-order valence-electron chi connectivity index (χ3n) is 0.700. The van der Waals surface area contributed by atoms with Gasteiger partial charge in [-0.2, -0.15) is 0 Å². The molecule has 0 amide bonds. The van der Waals surface area contributed by atoms with E-state index in [0.29, 0.717) is 0 Å². The van der Waals surface area contributed by atoms with Gasteiger partial charge < -0.3 is 52.0 Å². The van der Waals surface area contributed by atoms with Crippen molar-refractivity contribution in [1.82, 2.24) is 0 Å². The van der Waals surface area contributed by atoms with E-state index in [1.807, 2.05) is 0 Å². The summed E-state index contributed by atoms with van der Waals surface area (Å²) in [5.41, 5.74) is 0. The number of carboxylic acids is 4. The molecule has 0 aliphatic heterocycles. The second-order valence-electron chi connectivity index (χ2n) is 1.82. The summed E-state index contributed by atoms with van der Waals surface area (Å²) in [6.45, 7) is 0. The quantitative estimate of drug-likeness (QED) is 0.439. The van der Waals surface area contributed by atoms with Crippen molar-refractivity contribution in [2.75, 3.05) is 0 Å². The first-order chi connectivity index (χ1) is 6.27. The van der Waals surface area contributed by atoms with Crippen LogP contribution in [0.15, 0.2) is 0 Å². The molecule has 0 fully saturated rings. The number of carboxylic acid groups (broad SMARTS) is 4. The Morgan fingerprint density at radius 2 is 0.867 bits per heavy atom. The first-order valence-corrected chi connectivity index (χ1v) is 3.09. The average molecular weight is 240 g/mol. The van der Waals surface area contributed by atoms with Gasteiger partial charge in [0, 0.05) is 11.9 Å². The Morgan fingerprint density at radius 1 is 0.667 bits per heavy atom. The molecule has 0 atom stereocenters. The molecule has 0 spiro atoms. The van der Waals surface area contributed by atoms with Crippen LogP contribution >= 0.6 is 0 Å². The van der Waals surface area contributed by atoms with Gasteiger partial charge in [0.05, 0.1) is 11.9 Å². The van der Waals surface area contributed by atoms with Gasteiger partial charge in [-0.3, -0.25) is 0 Å². The Balaban J connectivity index is -0.000000187. The summed E-state index contributed by atoms with van der Waals surface area (Å²) in [7, 11) is 0. The van der Waals surface area contributed by atoms with Gasteiger partial charge in [0.15, 0.2) is 0 Å². The highest BCUT2D eigenvalue weighted by Gasteiger charge is 1.85. The number of carbonyl (C=O) groups excluding carboxylic acids is 4. The minimum absolute atomic E-state index is 0. The van der Waals surface area contributed by atoms with Crippen LogP contribution in [-0.4, -0.2) is 23.9 Å². The van der Waals surface area contributed by atoms with Crippen LogP contribution in [0.2, 0.25) is 0 Å². The Bertz CT molecular complexity index is 222. The van der Waals surface area contributed by atoms with Crippen molar-refractivity contribution >= 4 is 23.9 Å². The lowest BCUT2D eigenvalue weighted by molar-refractivity contribution is -0.345. The van der Waals surface area contributed by atoms with Crippen LogP contribution in [0.3, 0.4) is 0 Å². The molecule has 9 heteroatoms. The van der Waals surface area contributed by atoms with E-state index in [1.54, 1.807) is 0 Å². The standard InChI is InChI=1S/C4H6O4.C2H2O4.ClH/c5-3(6)1-2-4(7)8;3-1(4)2(5)6;/h1-2H2,(H,5,6)(H,7,8);(H,3,4)(H,5,6);1H/p-5. The van der Waals surface area contributed by atoms with Crippen molar-refractivity contribution in [2.24, 2.45) is 0 Å². The molecular formula is C6H4ClO8-5. The number of halogens is 1. The fraction of sp³-hybridized carbons (Fsp3) is 0.333. The second-order valence-corrected chi connectivity index (χ2v) is 1.82. The summed E-state index contributed by atoms with van der Waals surface area (Å²) in [6.07, 6.45) is -0.940. The van der Waals surface area contributed by atoms with Crippen molar-refractivity contribution < 1.29 is 52.0 Å². The largest absolute Gasteiger partial charge is 1.00 e. The SMILES string of the molecule is O=C([O-])C(=O)[O-].O=C([O-])CCC(=O)[O-].[Cl-]. The van der Waals surface area contributed by atoms with Crippen LogP contribution in [0, 0.1) is 0 Å². The third-order valence-corrected chi connectivity index (χ3v) is 0.700. The van der Waals surface area contributed by atoms with Crippen LogP contribution in [0.5, 0.6) is 0 Å². The Labute approximate surface area is 89.5 Å². The number of carbonyl (C=O) groups is 4. The maximum absolute atomic E-state index is 9.50. The van der Waals surface area contributed by atoms with Crippen molar-refractivity contribution in [1.29, 1.82) is 0 Å². The second kappa shape index (κ2) is 10.3. The lowest BCUT2D eigenvalue weighted by Crippen LogP contribution is -3.00. The van der Waals surface area contributed by atoms with Gasteiger partial charge >= 0.3 is 0 Å². The van der Waals surface area contributed by atoms with Gasteiger partial charge in [0.1, 0.15) is 0 Å². The molecule has 0 radical (unpaired) electrons. The zero-order valence-electron chi connectivity index (χ0n) is 7.06. The molecule has 8 nitrogen and oxygen atoms in total.